The topological polar surface area (TPSA) is 67.1 Å². The van der Waals surface area contributed by atoms with E-state index in [1.807, 2.05) is 11.6 Å². The fourth-order valence-corrected chi connectivity index (χ4v) is 3.75. The second-order valence-electron chi connectivity index (χ2n) is 7.29. The van der Waals surface area contributed by atoms with Gasteiger partial charge in [0.15, 0.2) is 5.96 Å². The van der Waals surface area contributed by atoms with Gasteiger partial charge in [-0.15, -0.1) is 0 Å². The Hall–Kier alpha value is -1.59. The molecule has 0 radical (unpaired) electrons. The predicted octanol–water partition coefficient (Wildman–Crippen LogP) is 2.56. The lowest BCUT2D eigenvalue weighted by Gasteiger charge is -2.26. The zero-order valence-corrected chi connectivity index (χ0v) is 14.7. The lowest BCUT2D eigenvalue weighted by molar-refractivity contribution is 0.349. The predicted molar refractivity (Wildman–Crippen MR) is 92.4 cm³/mol. The highest BCUT2D eigenvalue weighted by molar-refractivity contribution is 5.80. The molecule has 6 heteroatoms. The molecule has 0 spiro atoms. The maximum absolute atomic E-state index is 4.88. The van der Waals surface area contributed by atoms with Crippen LogP contribution in [0.1, 0.15) is 70.1 Å². The third kappa shape index (κ3) is 3.85. The Morgan fingerprint density at radius 1 is 1.35 bits per heavy atom. The minimum atomic E-state index is 0.208. The summed E-state index contributed by atoms with van der Waals surface area (Å²) in [7, 11) is 0. The first-order valence-electron chi connectivity index (χ1n) is 9.06. The Kier molecular flexibility index (Phi) is 4.87. The molecule has 6 nitrogen and oxygen atoms in total. The summed E-state index contributed by atoms with van der Waals surface area (Å²) in [5.74, 6) is 2.82. The molecule has 1 unspecified atom stereocenters. The van der Waals surface area contributed by atoms with Crippen LogP contribution < -0.4 is 10.6 Å². The van der Waals surface area contributed by atoms with Gasteiger partial charge in [-0.25, -0.2) is 9.67 Å². The Bertz CT molecular complexity index is 555. The molecule has 2 heterocycles. The van der Waals surface area contributed by atoms with Crippen LogP contribution in [0.2, 0.25) is 0 Å². The Morgan fingerprint density at radius 3 is 2.87 bits per heavy atom. The van der Waals surface area contributed by atoms with Crippen LogP contribution in [0.3, 0.4) is 0 Å². The Balaban J connectivity index is 1.70. The largest absolute Gasteiger partial charge is 0.357 e. The molecule has 128 valence electrons. The van der Waals surface area contributed by atoms with E-state index in [1.165, 1.54) is 25.7 Å². The van der Waals surface area contributed by atoms with Crippen LogP contribution in [0.5, 0.6) is 0 Å². The van der Waals surface area contributed by atoms with Crippen molar-refractivity contribution >= 4 is 5.96 Å². The van der Waals surface area contributed by atoms with Gasteiger partial charge in [-0.3, -0.25) is 4.99 Å². The van der Waals surface area contributed by atoms with Gasteiger partial charge in [0.25, 0.3) is 0 Å². The summed E-state index contributed by atoms with van der Waals surface area (Å²) < 4.78 is 2.04. The molecule has 1 saturated carbocycles. The minimum Gasteiger partial charge on any atom is -0.357 e. The van der Waals surface area contributed by atoms with Crippen molar-refractivity contribution in [3.63, 3.8) is 0 Å². The molecule has 1 aliphatic carbocycles. The van der Waals surface area contributed by atoms with Crippen molar-refractivity contribution < 1.29 is 0 Å². The summed E-state index contributed by atoms with van der Waals surface area (Å²) in [5.41, 5.74) is 0.380. The van der Waals surface area contributed by atoms with E-state index in [0.29, 0.717) is 5.41 Å². The number of aryl methyl sites for hydroxylation is 2. The molecule has 23 heavy (non-hydrogen) atoms. The Labute approximate surface area is 139 Å². The van der Waals surface area contributed by atoms with Gasteiger partial charge in [-0.2, -0.15) is 5.10 Å². The van der Waals surface area contributed by atoms with Gasteiger partial charge >= 0.3 is 0 Å². The molecule has 1 aromatic heterocycles. The van der Waals surface area contributed by atoms with E-state index in [9.17, 15) is 0 Å². The average Bonchev–Trinajstić information content (AvgIpc) is 3.11. The number of aliphatic imine (C=N–C) groups is 1. The normalized spacial score (nSPS) is 23.6. The van der Waals surface area contributed by atoms with E-state index < -0.39 is 0 Å². The fourth-order valence-electron chi connectivity index (χ4n) is 3.75. The van der Waals surface area contributed by atoms with Crippen molar-refractivity contribution in [2.75, 3.05) is 13.1 Å². The molecule has 1 atom stereocenters. The van der Waals surface area contributed by atoms with Gasteiger partial charge in [0.05, 0.1) is 6.04 Å². The highest BCUT2D eigenvalue weighted by Crippen LogP contribution is 2.37. The third-order valence-electron chi connectivity index (χ3n) is 5.07. The molecule has 0 aromatic carbocycles. The summed E-state index contributed by atoms with van der Waals surface area (Å²) in [6, 6.07) is 0.208. The first-order chi connectivity index (χ1) is 11.1. The van der Waals surface area contributed by atoms with Crippen molar-refractivity contribution in [2.24, 2.45) is 10.4 Å². The van der Waals surface area contributed by atoms with Crippen LogP contribution in [-0.4, -0.2) is 33.8 Å². The number of guanidine groups is 1. The standard InChI is InChI=1S/C17H30N6/c1-4-18-16(19-12-17(3)9-5-6-10-17)21-14-8-7-11-23-15(14)20-13(2)22-23/h14H,4-12H2,1-3H3,(H2,18,19,21). The molecule has 1 aliphatic heterocycles. The summed E-state index contributed by atoms with van der Waals surface area (Å²) in [6.45, 7) is 9.19. The lowest BCUT2D eigenvalue weighted by Crippen LogP contribution is -2.42. The molecule has 1 aromatic rings. The molecular formula is C17H30N6. The number of aromatic nitrogens is 3. The summed E-state index contributed by atoms with van der Waals surface area (Å²) in [5, 5.41) is 11.5. The fraction of sp³-hybridized carbons (Fsp3) is 0.824. The highest BCUT2D eigenvalue weighted by Gasteiger charge is 2.29. The second kappa shape index (κ2) is 6.89. The first kappa shape index (κ1) is 16.3. The summed E-state index contributed by atoms with van der Waals surface area (Å²) >= 11 is 0. The number of hydrogen-bond donors (Lipinski definition) is 2. The van der Waals surface area contributed by atoms with Crippen molar-refractivity contribution in [3.8, 4) is 0 Å². The quantitative estimate of drug-likeness (QED) is 0.661. The number of rotatable bonds is 4. The molecule has 2 N–H and O–H groups in total. The van der Waals surface area contributed by atoms with Crippen LogP contribution in [0.15, 0.2) is 4.99 Å². The van der Waals surface area contributed by atoms with Gasteiger partial charge < -0.3 is 10.6 Å². The van der Waals surface area contributed by atoms with Crippen molar-refractivity contribution in [1.29, 1.82) is 0 Å². The van der Waals surface area contributed by atoms with Gasteiger partial charge in [0.1, 0.15) is 11.6 Å². The highest BCUT2D eigenvalue weighted by atomic mass is 15.4. The average molecular weight is 318 g/mol. The van der Waals surface area contributed by atoms with Crippen molar-refractivity contribution in [3.05, 3.63) is 11.6 Å². The molecular weight excluding hydrogens is 288 g/mol. The Morgan fingerprint density at radius 2 is 2.13 bits per heavy atom. The van der Waals surface area contributed by atoms with E-state index >= 15 is 0 Å². The second-order valence-corrected chi connectivity index (χ2v) is 7.29. The maximum atomic E-state index is 4.88. The van der Waals surface area contributed by atoms with E-state index in [-0.39, 0.29) is 6.04 Å². The molecule has 1 fully saturated rings. The molecule has 0 amide bonds. The molecule has 0 saturated heterocycles. The van der Waals surface area contributed by atoms with E-state index in [1.54, 1.807) is 0 Å². The minimum absolute atomic E-state index is 0.208. The number of nitrogens with zero attached hydrogens (tertiary/aromatic N) is 4. The van der Waals surface area contributed by atoms with Gasteiger partial charge in [0, 0.05) is 19.6 Å². The number of fused-ring (bicyclic) bond motifs is 1. The lowest BCUT2D eigenvalue weighted by atomic mass is 9.89. The van der Waals surface area contributed by atoms with Crippen LogP contribution >= 0.6 is 0 Å². The summed E-state index contributed by atoms with van der Waals surface area (Å²) in [6.07, 6.45) is 7.51. The number of hydrogen-bond acceptors (Lipinski definition) is 3. The van der Waals surface area contributed by atoms with Crippen LogP contribution in [0.4, 0.5) is 0 Å². The van der Waals surface area contributed by atoms with Gasteiger partial charge in [-0.05, 0) is 44.9 Å². The van der Waals surface area contributed by atoms with Crippen LogP contribution in [-0.2, 0) is 6.54 Å². The van der Waals surface area contributed by atoms with Crippen LogP contribution in [0.25, 0.3) is 0 Å². The molecule has 3 rings (SSSR count). The van der Waals surface area contributed by atoms with Gasteiger partial charge in [0.2, 0.25) is 0 Å². The molecule has 2 aliphatic rings. The van der Waals surface area contributed by atoms with E-state index in [4.69, 9.17) is 4.99 Å². The van der Waals surface area contributed by atoms with Crippen LogP contribution in [0, 0.1) is 12.3 Å². The zero-order chi connectivity index (χ0) is 16.3. The van der Waals surface area contributed by atoms with Gasteiger partial charge in [-0.1, -0.05) is 19.8 Å². The zero-order valence-electron chi connectivity index (χ0n) is 14.7. The maximum Gasteiger partial charge on any atom is 0.191 e. The van der Waals surface area contributed by atoms with E-state index in [0.717, 1.165) is 50.1 Å². The first-order valence-corrected chi connectivity index (χ1v) is 9.06. The van der Waals surface area contributed by atoms with Crippen molar-refractivity contribution in [1.82, 2.24) is 25.4 Å². The van der Waals surface area contributed by atoms with Crippen molar-refractivity contribution in [2.45, 2.75) is 71.9 Å². The monoisotopic (exact) mass is 318 g/mol. The third-order valence-corrected chi connectivity index (χ3v) is 5.07. The SMILES string of the molecule is CCNC(=NCC1(C)CCCC1)NC1CCCn2nc(C)nc21. The smallest absolute Gasteiger partial charge is 0.191 e. The van der Waals surface area contributed by atoms with E-state index in [2.05, 4.69) is 34.6 Å². The molecule has 0 bridgehead atoms. The number of nitrogens with one attached hydrogen (secondary N) is 2. The summed E-state index contributed by atoms with van der Waals surface area (Å²) in [4.78, 5) is 9.48.